The highest BCUT2D eigenvalue weighted by Gasteiger charge is 2.56. The van der Waals surface area contributed by atoms with Crippen molar-refractivity contribution >= 4 is 31.3 Å². The predicted molar refractivity (Wildman–Crippen MR) is 102 cm³/mol. The van der Waals surface area contributed by atoms with Gasteiger partial charge in [-0.15, -0.1) is 0 Å². The van der Waals surface area contributed by atoms with Gasteiger partial charge in [0.15, 0.2) is 0 Å². The summed E-state index contributed by atoms with van der Waals surface area (Å²) in [4.78, 5) is 39.8. The lowest BCUT2D eigenvalue weighted by Crippen LogP contribution is -2.34. The normalized spacial score (nSPS) is 18.7. The van der Waals surface area contributed by atoms with Crippen molar-refractivity contribution in [2.24, 2.45) is 0 Å². The molecule has 0 bridgehead atoms. The number of rotatable bonds is 5. The van der Waals surface area contributed by atoms with Crippen LogP contribution in [0.25, 0.3) is 6.08 Å². The summed E-state index contributed by atoms with van der Waals surface area (Å²) in [6.45, 7) is 0. The number of allylic oxidation sites excluding steroid dienone is 1. The van der Waals surface area contributed by atoms with E-state index in [0.717, 1.165) is 19.1 Å². The second kappa shape index (κ2) is 8.02. The monoisotopic (exact) mass is 399 g/mol. The van der Waals surface area contributed by atoms with Gasteiger partial charge in [0.2, 0.25) is 11.4 Å². The van der Waals surface area contributed by atoms with Crippen LogP contribution in [0.1, 0.15) is 15.9 Å². The third-order valence-corrected chi connectivity index (χ3v) is 6.45. The van der Waals surface area contributed by atoms with Gasteiger partial charge < -0.3 is 9.05 Å². The van der Waals surface area contributed by atoms with Gasteiger partial charge in [-0.1, -0.05) is 48.5 Å². The van der Waals surface area contributed by atoms with Gasteiger partial charge in [-0.05, 0) is 23.8 Å². The van der Waals surface area contributed by atoms with Crippen LogP contribution in [0.5, 0.6) is 0 Å². The standard InChI is InChI=1S/C20H18NO6P/c1-26-28(25,27-2)18-17(22)16(13-14-9-5-3-6-10-14)21(20(18)24)19(23)15-11-7-4-8-12-15/h3-13,18H,1-2H3/b16-13-. The van der Waals surface area contributed by atoms with Gasteiger partial charge >= 0.3 is 7.60 Å². The van der Waals surface area contributed by atoms with E-state index in [2.05, 4.69) is 0 Å². The SMILES string of the molecule is COP(=O)(OC)C1C(=O)/C(=C/c2ccccc2)N(C(=O)c2ccccc2)C1=O. The predicted octanol–water partition coefficient (Wildman–Crippen LogP) is 3.13. The molecule has 0 saturated carbocycles. The lowest BCUT2D eigenvalue weighted by molar-refractivity contribution is -0.125. The van der Waals surface area contributed by atoms with E-state index in [0.29, 0.717) is 5.56 Å². The number of nitrogens with zero attached hydrogens (tertiary/aromatic N) is 1. The van der Waals surface area contributed by atoms with Crippen LogP contribution < -0.4 is 0 Å². The van der Waals surface area contributed by atoms with E-state index in [1.54, 1.807) is 48.5 Å². The molecule has 1 unspecified atom stereocenters. The summed E-state index contributed by atoms with van der Waals surface area (Å²) < 4.78 is 22.6. The summed E-state index contributed by atoms with van der Waals surface area (Å²) >= 11 is 0. The van der Waals surface area contributed by atoms with E-state index in [4.69, 9.17) is 9.05 Å². The summed E-state index contributed by atoms with van der Waals surface area (Å²) in [7, 11) is -1.90. The molecule has 3 rings (SSSR count). The van der Waals surface area contributed by atoms with Crippen molar-refractivity contribution in [2.75, 3.05) is 14.2 Å². The molecule has 1 aliphatic heterocycles. The summed E-state index contributed by atoms with van der Waals surface area (Å²) in [6.07, 6.45) is 1.41. The second-order valence-electron chi connectivity index (χ2n) is 5.96. The minimum atomic E-state index is -4.09. The molecule has 144 valence electrons. The van der Waals surface area contributed by atoms with Crippen LogP contribution in [-0.2, 0) is 23.2 Å². The van der Waals surface area contributed by atoms with Crippen LogP contribution in [0, 0.1) is 0 Å². The van der Waals surface area contributed by atoms with Gasteiger partial charge in [-0.25, -0.2) is 4.90 Å². The molecule has 1 heterocycles. The van der Waals surface area contributed by atoms with E-state index < -0.39 is 30.9 Å². The molecule has 1 aliphatic rings. The number of imide groups is 1. The molecule has 8 heteroatoms. The van der Waals surface area contributed by atoms with Crippen molar-refractivity contribution in [2.45, 2.75) is 5.66 Å². The van der Waals surface area contributed by atoms with Crippen molar-refractivity contribution in [1.82, 2.24) is 4.90 Å². The Balaban J connectivity index is 2.14. The molecule has 28 heavy (non-hydrogen) atoms. The molecule has 2 amide bonds. The zero-order valence-electron chi connectivity index (χ0n) is 15.3. The van der Waals surface area contributed by atoms with Crippen molar-refractivity contribution < 1.29 is 28.0 Å². The van der Waals surface area contributed by atoms with Gasteiger partial charge in [-0.2, -0.15) is 0 Å². The third kappa shape index (κ3) is 3.47. The van der Waals surface area contributed by atoms with Gasteiger partial charge in [-0.3, -0.25) is 18.9 Å². The van der Waals surface area contributed by atoms with Crippen LogP contribution in [0.15, 0.2) is 66.4 Å². The average molecular weight is 399 g/mol. The number of carbonyl (C=O) groups excluding carboxylic acids is 3. The largest absolute Gasteiger partial charge is 0.350 e. The third-order valence-electron chi connectivity index (χ3n) is 4.35. The topological polar surface area (TPSA) is 90.0 Å². The Bertz CT molecular complexity index is 978. The Kier molecular flexibility index (Phi) is 5.70. The highest BCUT2D eigenvalue weighted by molar-refractivity contribution is 7.57. The number of hydrogen-bond donors (Lipinski definition) is 0. The fourth-order valence-electron chi connectivity index (χ4n) is 2.93. The molecular formula is C20H18NO6P. The number of ketones is 1. The molecule has 0 aliphatic carbocycles. The molecule has 2 aromatic rings. The van der Waals surface area contributed by atoms with E-state index in [-0.39, 0.29) is 11.3 Å². The molecule has 1 atom stereocenters. The summed E-state index contributed by atoms with van der Waals surface area (Å²) in [5, 5.41) is 0. The fourth-order valence-corrected chi connectivity index (χ4v) is 4.31. The molecule has 0 aromatic heterocycles. The van der Waals surface area contributed by atoms with Gasteiger partial charge in [0.1, 0.15) is 0 Å². The highest BCUT2D eigenvalue weighted by atomic mass is 31.2. The Morgan fingerprint density at radius 3 is 2.04 bits per heavy atom. The Morgan fingerprint density at radius 1 is 0.964 bits per heavy atom. The molecule has 0 N–H and O–H groups in total. The minimum absolute atomic E-state index is 0.177. The van der Waals surface area contributed by atoms with Gasteiger partial charge in [0.05, 0.1) is 5.70 Å². The first-order chi connectivity index (χ1) is 13.4. The minimum Gasteiger partial charge on any atom is -0.311 e. The first-order valence-electron chi connectivity index (χ1n) is 8.38. The number of amides is 2. The van der Waals surface area contributed by atoms with E-state index in [1.807, 2.05) is 0 Å². The first-order valence-corrected chi connectivity index (χ1v) is 9.99. The number of carbonyl (C=O) groups is 3. The van der Waals surface area contributed by atoms with Crippen molar-refractivity contribution in [3.63, 3.8) is 0 Å². The van der Waals surface area contributed by atoms with E-state index >= 15 is 0 Å². The lowest BCUT2D eigenvalue weighted by Gasteiger charge is -2.18. The smallest absolute Gasteiger partial charge is 0.311 e. The number of hydrogen-bond acceptors (Lipinski definition) is 6. The fraction of sp³-hybridized carbons (Fsp3) is 0.150. The van der Waals surface area contributed by atoms with E-state index in [9.17, 15) is 18.9 Å². The van der Waals surface area contributed by atoms with Crippen molar-refractivity contribution in [3.8, 4) is 0 Å². The number of Topliss-reactive ketones (excluding diaryl/α,β-unsaturated/α-hetero) is 1. The Hall–Kier alpha value is -2.86. The maximum absolute atomic E-state index is 13.0. The lowest BCUT2D eigenvalue weighted by atomic mass is 10.1. The quantitative estimate of drug-likeness (QED) is 0.332. The van der Waals surface area contributed by atoms with Gasteiger partial charge in [0, 0.05) is 19.8 Å². The first kappa shape index (κ1) is 19.9. The highest BCUT2D eigenvalue weighted by Crippen LogP contribution is 2.55. The molecule has 0 spiro atoms. The van der Waals surface area contributed by atoms with Crippen LogP contribution in [0.2, 0.25) is 0 Å². The number of benzene rings is 2. The van der Waals surface area contributed by atoms with Crippen LogP contribution in [0.3, 0.4) is 0 Å². The molecule has 2 aromatic carbocycles. The zero-order chi connectivity index (χ0) is 20.3. The molecule has 1 fully saturated rings. The number of likely N-dealkylation sites (tertiary alicyclic amines) is 1. The van der Waals surface area contributed by atoms with Gasteiger partial charge in [0.25, 0.3) is 11.8 Å². The van der Waals surface area contributed by atoms with Crippen molar-refractivity contribution in [3.05, 3.63) is 77.5 Å². The maximum Gasteiger partial charge on any atom is 0.350 e. The summed E-state index contributed by atoms with van der Waals surface area (Å²) in [5.41, 5.74) is -1.09. The van der Waals surface area contributed by atoms with Crippen LogP contribution in [-0.4, -0.2) is 42.4 Å². The summed E-state index contributed by atoms with van der Waals surface area (Å²) in [5.74, 6) is -2.42. The zero-order valence-corrected chi connectivity index (χ0v) is 16.2. The second-order valence-corrected chi connectivity index (χ2v) is 8.28. The molecule has 0 radical (unpaired) electrons. The molecule has 1 saturated heterocycles. The van der Waals surface area contributed by atoms with Crippen LogP contribution >= 0.6 is 7.60 Å². The Labute approximate surface area is 162 Å². The Morgan fingerprint density at radius 2 is 1.50 bits per heavy atom. The van der Waals surface area contributed by atoms with Crippen molar-refractivity contribution in [1.29, 1.82) is 0 Å². The molecule has 7 nitrogen and oxygen atoms in total. The summed E-state index contributed by atoms with van der Waals surface area (Å²) in [6, 6.07) is 16.8. The van der Waals surface area contributed by atoms with E-state index in [1.165, 1.54) is 18.2 Å². The van der Waals surface area contributed by atoms with Crippen LogP contribution in [0.4, 0.5) is 0 Å². The average Bonchev–Trinajstić information content (AvgIpc) is 2.98. The molecular weight excluding hydrogens is 381 g/mol. The maximum atomic E-state index is 13.0.